The molecule has 0 bridgehead atoms. The molecule has 0 fully saturated rings. The Morgan fingerprint density at radius 2 is 2.15 bits per heavy atom. The zero-order chi connectivity index (χ0) is 10.3. The lowest BCUT2D eigenvalue weighted by Gasteiger charge is -2.09. The lowest BCUT2D eigenvalue weighted by atomic mass is 10.2. The second kappa shape index (κ2) is 6.46. The fourth-order valence-corrected chi connectivity index (χ4v) is 0.780. The van der Waals surface area contributed by atoms with Gasteiger partial charge in [-0.05, 0) is 26.7 Å². The topological polar surface area (TPSA) is 58.9 Å². The maximum Gasteiger partial charge on any atom is 0.347 e. The predicted octanol–water partition coefficient (Wildman–Crippen LogP) is 2.04. The first-order valence-corrected chi connectivity index (χ1v) is 4.47. The molecule has 0 aliphatic carbocycles. The van der Waals surface area contributed by atoms with Crippen LogP contribution in [0.1, 0.15) is 40.0 Å². The number of carboxylic acid groups (broad SMARTS) is 1. The highest BCUT2D eigenvalue weighted by atomic mass is 16.6. The molecule has 0 saturated heterocycles. The van der Waals surface area contributed by atoms with Gasteiger partial charge in [0.1, 0.15) is 0 Å². The van der Waals surface area contributed by atoms with Gasteiger partial charge in [-0.25, -0.2) is 4.79 Å². The summed E-state index contributed by atoms with van der Waals surface area (Å²) < 4.78 is 0. The van der Waals surface area contributed by atoms with E-state index < -0.39 is 12.1 Å². The number of carboxylic acids is 1. The summed E-state index contributed by atoms with van der Waals surface area (Å²) in [6.07, 6.45) is 1.52. The smallest absolute Gasteiger partial charge is 0.347 e. The van der Waals surface area contributed by atoms with Crippen molar-refractivity contribution in [2.45, 2.75) is 46.1 Å². The predicted molar refractivity (Wildman–Crippen MR) is 50.8 cm³/mol. The Hall–Kier alpha value is -1.06. The Kier molecular flexibility index (Phi) is 5.93. The van der Waals surface area contributed by atoms with Gasteiger partial charge >= 0.3 is 5.97 Å². The molecule has 0 rings (SSSR count). The van der Waals surface area contributed by atoms with E-state index in [1.807, 2.05) is 6.92 Å². The monoisotopic (exact) mass is 187 g/mol. The molecule has 0 heterocycles. The maximum atomic E-state index is 10.6. The minimum atomic E-state index is -0.946. The van der Waals surface area contributed by atoms with Crippen molar-refractivity contribution in [1.29, 1.82) is 0 Å². The Bertz CT molecular complexity index is 185. The molecule has 0 spiro atoms. The standard InChI is InChI=1S/C9H17NO3/c1-4-5-6-8(9(11)12)13-10-7(2)3/h8H,4-6H2,1-3H3,(H,11,12). The van der Waals surface area contributed by atoms with E-state index in [-0.39, 0.29) is 0 Å². The molecule has 0 aromatic heterocycles. The van der Waals surface area contributed by atoms with Crippen molar-refractivity contribution >= 4 is 11.7 Å². The average Bonchev–Trinajstić information content (AvgIpc) is 2.03. The molecular weight excluding hydrogens is 170 g/mol. The average molecular weight is 187 g/mol. The molecule has 13 heavy (non-hydrogen) atoms. The fourth-order valence-electron chi connectivity index (χ4n) is 0.780. The molecule has 0 aliphatic rings. The zero-order valence-corrected chi connectivity index (χ0v) is 8.41. The normalized spacial score (nSPS) is 11.9. The van der Waals surface area contributed by atoms with Crippen molar-refractivity contribution in [1.82, 2.24) is 0 Å². The van der Waals surface area contributed by atoms with Crippen LogP contribution in [0.25, 0.3) is 0 Å². The first-order valence-electron chi connectivity index (χ1n) is 4.47. The van der Waals surface area contributed by atoms with Crippen LogP contribution in [0.5, 0.6) is 0 Å². The molecule has 4 heteroatoms. The van der Waals surface area contributed by atoms with Gasteiger partial charge in [0.15, 0.2) is 0 Å². The molecule has 0 aliphatic heterocycles. The van der Waals surface area contributed by atoms with E-state index in [0.717, 1.165) is 18.6 Å². The van der Waals surface area contributed by atoms with Crippen molar-refractivity contribution in [3.05, 3.63) is 0 Å². The summed E-state index contributed by atoms with van der Waals surface area (Å²) >= 11 is 0. The zero-order valence-electron chi connectivity index (χ0n) is 8.41. The summed E-state index contributed by atoms with van der Waals surface area (Å²) in [7, 11) is 0. The molecule has 0 aromatic carbocycles. The molecule has 1 unspecified atom stereocenters. The number of oxime groups is 1. The van der Waals surface area contributed by atoms with Crippen molar-refractivity contribution in [2.24, 2.45) is 5.16 Å². The largest absolute Gasteiger partial charge is 0.478 e. The van der Waals surface area contributed by atoms with E-state index in [0.29, 0.717) is 6.42 Å². The molecule has 0 radical (unpaired) electrons. The van der Waals surface area contributed by atoms with Crippen molar-refractivity contribution in [3.63, 3.8) is 0 Å². The van der Waals surface area contributed by atoms with Gasteiger partial charge in [-0.2, -0.15) is 0 Å². The minimum absolute atomic E-state index is 0.516. The minimum Gasteiger partial charge on any atom is -0.478 e. The molecule has 76 valence electrons. The van der Waals surface area contributed by atoms with Crippen LogP contribution in [-0.4, -0.2) is 22.9 Å². The number of nitrogens with zero attached hydrogens (tertiary/aromatic N) is 1. The van der Waals surface area contributed by atoms with Crippen LogP contribution in [0, 0.1) is 0 Å². The van der Waals surface area contributed by atoms with Gasteiger partial charge in [0.25, 0.3) is 0 Å². The number of unbranched alkanes of at least 4 members (excludes halogenated alkanes) is 1. The van der Waals surface area contributed by atoms with Crippen molar-refractivity contribution < 1.29 is 14.7 Å². The number of hydrogen-bond acceptors (Lipinski definition) is 3. The second-order valence-electron chi connectivity index (χ2n) is 3.11. The lowest BCUT2D eigenvalue weighted by molar-refractivity contribution is -0.150. The van der Waals surface area contributed by atoms with Gasteiger partial charge in [-0.1, -0.05) is 18.5 Å². The van der Waals surface area contributed by atoms with Gasteiger partial charge in [-0.3, -0.25) is 0 Å². The van der Waals surface area contributed by atoms with E-state index in [4.69, 9.17) is 9.94 Å². The van der Waals surface area contributed by atoms with Crippen LogP contribution >= 0.6 is 0 Å². The fraction of sp³-hybridized carbons (Fsp3) is 0.778. The Morgan fingerprint density at radius 3 is 2.54 bits per heavy atom. The van der Waals surface area contributed by atoms with Gasteiger partial charge in [-0.15, -0.1) is 0 Å². The summed E-state index contributed by atoms with van der Waals surface area (Å²) in [6, 6.07) is 0. The van der Waals surface area contributed by atoms with Crippen LogP contribution < -0.4 is 0 Å². The SMILES string of the molecule is CCCCC(ON=C(C)C)C(=O)O. The van der Waals surface area contributed by atoms with E-state index in [2.05, 4.69) is 5.16 Å². The van der Waals surface area contributed by atoms with Crippen LogP contribution in [0.15, 0.2) is 5.16 Å². The van der Waals surface area contributed by atoms with E-state index in [1.165, 1.54) is 0 Å². The third-order valence-electron chi connectivity index (χ3n) is 1.46. The summed E-state index contributed by atoms with van der Waals surface area (Å²) in [5.41, 5.74) is 0.725. The molecular formula is C9H17NO3. The Balaban J connectivity index is 3.95. The highest BCUT2D eigenvalue weighted by Gasteiger charge is 2.17. The van der Waals surface area contributed by atoms with E-state index >= 15 is 0 Å². The molecule has 0 amide bonds. The number of rotatable bonds is 6. The number of carbonyl (C=O) groups is 1. The van der Waals surface area contributed by atoms with Gasteiger partial charge in [0.2, 0.25) is 6.10 Å². The van der Waals surface area contributed by atoms with Gasteiger partial charge in [0, 0.05) is 0 Å². The number of aliphatic carboxylic acids is 1. The third kappa shape index (κ3) is 6.13. The summed E-state index contributed by atoms with van der Waals surface area (Å²) in [5.74, 6) is -0.946. The third-order valence-corrected chi connectivity index (χ3v) is 1.46. The summed E-state index contributed by atoms with van der Waals surface area (Å²) in [5, 5.41) is 12.4. The first kappa shape index (κ1) is 11.9. The van der Waals surface area contributed by atoms with Crippen LogP contribution in [0.2, 0.25) is 0 Å². The Morgan fingerprint density at radius 1 is 1.54 bits per heavy atom. The van der Waals surface area contributed by atoms with Crippen LogP contribution in [0.3, 0.4) is 0 Å². The quantitative estimate of drug-likeness (QED) is 0.511. The van der Waals surface area contributed by atoms with Crippen molar-refractivity contribution in [3.8, 4) is 0 Å². The van der Waals surface area contributed by atoms with Gasteiger partial charge in [0.05, 0.1) is 5.71 Å². The lowest BCUT2D eigenvalue weighted by Crippen LogP contribution is -2.22. The van der Waals surface area contributed by atoms with Crippen LogP contribution in [-0.2, 0) is 9.63 Å². The van der Waals surface area contributed by atoms with E-state index in [9.17, 15) is 4.79 Å². The molecule has 1 atom stereocenters. The second-order valence-corrected chi connectivity index (χ2v) is 3.11. The highest BCUT2D eigenvalue weighted by Crippen LogP contribution is 2.05. The highest BCUT2D eigenvalue weighted by molar-refractivity contribution is 5.78. The van der Waals surface area contributed by atoms with Crippen LogP contribution in [0.4, 0.5) is 0 Å². The molecule has 4 nitrogen and oxygen atoms in total. The summed E-state index contributed by atoms with van der Waals surface area (Å²) in [4.78, 5) is 15.5. The Labute approximate surface area is 78.6 Å². The van der Waals surface area contributed by atoms with E-state index in [1.54, 1.807) is 13.8 Å². The molecule has 0 saturated carbocycles. The van der Waals surface area contributed by atoms with Gasteiger partial charge < -0.3 is 9.94 Å². The first-order chi connectivity index (χ1) is 6.07. The maximum absolute atomic E-state index is 10.6. The summed E-state index contributed by atoms with van der Waals surface area (Å²) in [6.45, 7) is 5.53. The molecule has 0 aromatic rings. The molecule has 1 N–H and O–H groups in total. The van der Waals surface area contributed by atoms with Crippen molar-refractivity contribution in [2.75, 3.05) is 0 Å². The number of hydrogen-bond donors (Lipinski definition) is 1.